The van der Waals surface area contributed by atoms with Crippen molar-refractivity contribution >= 4 is 5.78 Å². The molecule has 0 aliphatic carbocycles. The number of carbonyl (C=O) groups is 1. The Morgan fingerprint density at radius 2 is 2.00 bits per heavy atom. The quantitative estimate of drug-likeness (QED) is 0.440. The third-order valence-electron chi connectivity index (χ3n) is 0.188. The van der Waals surface area contributed by atoms with Crippen LogP contribution in [0.3, 0.4) is 0 Å². The number of hydrogen-bond acceptors (Lipinski definition) is 1. The van der Waals surface area contributed by atoms with E-state index in [1.54, 1.807) is 0 Å². The van der Waals surface area contributed by atoms with E-state index in [0.717, 1.165) is 0 Å². The summed E-state index contributed by atoms with van der Waals surface area (Å²) < 4.78 is 10.8. The van der Waals surface area contributed by atoms with Crippen LogP contribution in [0.2, 0.25) is 0 Å². The van der Waals surface area contributed by atoms with Crippen LogP contribution in [-0.4, -0.2) is 17.9 Å². The summed E-state index contributed by atoms with van der Waals surface area (Å²) >= 11 is 0. The average Bonchev–Trinajstić information content (AvgIpc) is 1.38. The molecule has 38 valence electrons. The van der Waals surface area contributed by atoms with Crippen LogP contribution in [0.5, 0.6) is 0 Å². The van der Waals surface area contributed by atoms with Gasteiger partial charge in [0.1, 0.15) is 6.67 Å². The molecule has 0 fully saturated rings. The van der Waals surface area contributed by atoms with E-state index in [1.807, 2.05) is 0 Å². The molecule has 0 radical (unpaired) electrons. The molecule has 0 aromatic carbocycles. The zero-order valence-electron chi connectivity index (χ0n) is 3.49. The fourth-order valence-electron chi connectivity index (χ4n) is 0. The molecule has 0 aromatic rings. The molecule has 0 saturated carbocycles. The Morgan fingerprint density at radius 1 is 1.83 bits per heavy atom. The third-order valence-corrected chi connectivity index (χ3v) is 0.188. The summed E-state index contributed by atoms with van der Waals surface area (Å²) in [5.41, 5.74) is 0. The number of rotatable bonds is 1. The zero-order valence-corrected chi connectivity index (χ0v) is 3.49. The fourth-order valence-corrected chi connectivity index (χ4v) is 0. The molecule has 0 heterocycles. The SMILES string of the molecule is CC(=O)CF.O. The van der Waals surface area contributed by atoms with E-state index in [9.17, 15) is 9.18 Å². The van der Waals surface area contributed by atoms with Gasteiger partial charge >= 0.3 is 0 Å². The Labute approximate surface area is 35.3 Å². The summed E-state index contributed by atoms with van der Waals surface area (Å²) in [6.07, 6.45) is 0. The molecule has 0 aliphatic heterocycles. The second-order valence-electron chi connectivity index (χ2n) is 0.836. The van der Waals surface area contributed by atoms with Crippen LogP contribution < -0.4 is 0 Å². The van der Waals surface area contributed by atoms with Gasteiger partial charge in [0.05, 0.1) is 0 Å². The fraction of sp³-hybridized carbons (Fsp3) is 0.667. The largest absolute Gasteiger partial charge is 0.412 e. The van der Waals surface area contributed by atoms with Crippen molar-refractivity contribution in [2.24, 2.45) is 0 Å². The highest BCUT2D eigenvalue weighted by molar-refractivity contribution is 5.76. The Hall–Kier alpha value is -0.440. The maximum Gasteiger partial charge on any atom is 0.160 e. The van der Waals surface area contributed by atoms with Gasteiger partial charge in [0, 0.05) is 0 Å². The zero-order chi connectivity index (χ0) is 4.28. The maximum atomic E-state index is 10.8. The molecule has 0 rings (SSSR count). The van der Waals surface area contributed by atoms with Crippen LogP contribution in [0.1, 0.15) is 6.92 Å². The van der Waals surface area contributed by atoms with Crippen molar-refractivity contribution < 1.29 is 14.7 Å². The van der Waals surface area contributed by atoms with Gasteiger partial charge in [-0.1, -0.05) is 0 Å². The molecule has 0 amide bonds. The van der Waals surface area contributed by atoms with Gasteiger partial charge in [-0.25, -0.2) is 4.39 Å². The van der Waals surface area contributed by atoms with Gasteiger partial charge in [-0.15, -0.1) is 0 Å². The van der Waals surface area contributed by atoms with Crippen LogP contribution in [0.25, 0.3) is 0 Å². The first-order valence-corrected chi connectivity index (χ1v) is 1.32. The first-order chi connectivity index (χ1) is 2.27. The van der Waals surface area contributed by atoms with Crippen molar-refractivity contribution in [1.82, 2.24) is 0 Å². The molecule has 6 heavy (non-hydrogen) atoms. The molecule has 0 aromatic heterocycles. The summed E-state index contributed by atoms with van der Waals surface area (Å²) in [7, 11) is 0. The second-order valence-corrected chi connectivity index (χ2v) is 0.836. The van der Waals surface area contributed by atoms with Crippen LogP contribution in [0.4, 0.5) is 4.39 Å². The highest BCUT2D eigenvalue weighted by Gasteiger charge is 1.81. The van der Waals surface area contributed by atoms with Gasteiger partial charge in [-0.05, 0) is 6.92 Å². The minimum atomic E-state index is -0.833. The molecule has 3 heteroatoms. The van der Waals surface area contributed by atoms with Gasteiger partial charge in [-0.2, -0.15) is 0 Å². The van der Waals surface area contributed by atoms with Crippen molar-refractivity contribution in [3.05, 3.63) is 0 Å². The van der Waals surface area contributed by atoms with E-state index in [0.29, 0.717) is 0 Å². The number of ketones is 1. The highest BCUT2D eigenvalue weighted by Crippen LogP contribution is 1.64. The van der Waals surface area contributed by atoms with Gasteiger partial charge < -0.3 is 5.48 Å². The first kappa shape index (κ1) is 9.12. The molecule has 2 N–H and O–H groups in total. The highest BCUT2D eigenvalue weighted by atomic mass is 19.1. The van der Waals surface area contributed by atoms with Gasteiger partial charge in [0.15, 0.2) is 5.78 Å². The van der Waals surface area contributed by atoms with Gasteiger partial charge in [0.2, 0.25) is 0 Å². The predicted octanol–water partition coefficient (Wildman–Crippen LogP) is -0.280. The molecule has 0 atom stereocenters. The minimum absolute atomic E-state index is 0. The summed E-state index contributed by atoms with van der Waals surface area (Å²) in [5.74, 6) is -0.412. The lowest BCUT2D eigenvalue weighted by atomic mass is 10.5. The van der Waals surface area contributed by atoms with Crippen LogP contribution in [0, 0.1) is 0 Å². The van der Waals surface area contributed by atoms with Crippen molar-refractivity contribution in [3.63, 3.8) is 0 Å². The topological polar surface area (TPSA) is 48.6 Å². The number of alkyl halides is 1. The monoisotopic (exact) mass is 94.0 g/mol. The molecular weight excluding hydrogens is 87.0 g/mol. The summed E-state index contributed by atoms with van der Waals surface area (Å²) in [5, 5.41) is 0. The van der Waals surface area contributed by atoms with Crippen molar-refractivity contribution in [3.8, 4) is 0 Å². The first-order valence-electron chi connectivity index (χ1n) is 1.32. The van der Waals surface area contributed by atoms with Gasteiger partial charge in [0.25, 0.3) is 0 Å². The molecule has 0 bridgehead atoms. The molecule has 0 saturated heterocycles. The maximum absolute atomic E-state index is 10.8. The lowest BCUT2D eigenvalue weighted by Gasteiger charge is -1.68. The minimum Gasteiger partial charge on any atom is -0.412 e. The van der Waals surface area contributed by atoms with E-state index in [-0.39, 0.29) is 5.48 Å². The standard InChI is InChI=1S/C3H5FO.H2O/c1-3(5)2-4;/h2H2,1H3;1H2. The smallest absolute Gasteiger partial charge is 0.160 e. The molecule has 0 unspecified atom stereocenters. The third kappa shape index (κ3) is 9.59. The Balaban J connectivity index is 0. The molecule has 2 nitrogen and oxygen atoms in total. The van der Waals surface area contributed by atoms with Crippen molar-refractivity contribution in [2.75, 3.05) is 6.67 Å². The number of hydrogen-bond donors (Lipinski definition) is 0. The Bertz CT molecular complexity index is 44.1. The van der Waals surface area contributed by atoms with E-state index in [4.69, 9.17) is 0 Å². The second kappa shape index (κ2) is 4.56. The normalized spacial score (nSPS) is 6.33. The van der Waals surface area contributed by atoms with E-state index in [2.05, 4.69) is 0 Å². The summed E-state index contributed by atoms with van der Waals surface area (Å²) in [6, 6.07) is 0. The number of carbonyl (C=O) groups excluding carboxylic acids is 1. The molecular formula is C3H7FO2. The average molecular weight is 94.1 g/mol. The summed E-state index contributed by atoms with van der Waals surface area (Å²) in [4.78, 5) is 9.44. The number of Topliss-reactive ketones (excluding diaryl/α,β-unsaturated/α-hetero) is 1. The van der Waals surface area contributed by atoms with E-state index < -0.39 is 12.5 Å². The molecule has 0 aliphatic rings. The lowest BCUT2D eigenvalue weighted by Crippen LogP contribution is -1.87. The number of halogens is 1. The lowest BCUT2D eigenvalue weighted by molar-refractivity contribution is -0.117. The van der Waals surface area contributed by atoms with Crippen molar-refractivity contribution in [1.29, 1.82) is 0 Å². The van der Waals surface area contributed by atoms with Crippen LogP contribution >= 0.6 is 0 Å². The predicted molar refractivity (Wildman–Crippen MR) is 20.3 cm³/mol. The summed E-state index contributed by atoms with van der Waals surface area (Å²) in [6.45, 7) is 0.375. The van der Waals surface area contributed by atoms with E-state index in [1.165, 1.54) is 6.92 Å². The Morgan fingerprint density at radius 3 is 2.00 bits per heavy atom. The van der Waals surface area contributed by atoms with Crippen LogP contribution in [-0.2, 0) is 4.79 Å². The van der Waals surface area contributed by atoms with E-state index >= 15 is 0 Å². The molecule has 0 spiro atoms. The van der Waals surface area contributed by atoms with Gasteiger partial charge in [-0.3, -0.25) is 4.79 Å². The Kier molecular flexibility index (Phi) is 6.93. The van der Waals surface area contributed by atoms with Crippen LogP contribution in [0.15, 0.2) is 0 Å². The van der Waals surface area contributed by atoms with Crippen molar-refractivity contribution in [2.45, 2.75) is 6.92 Å².